The van der Waals surface area contributed by atoms with Gasteiger partial charge in [0.1, 0.15) is 5.88 Å². The van der Waals surface area contributed by atoms with Crippen molar-refractivity contribution in [1.29, 1.82) is 0 Å². The van der Waals surface area contributed by atoms with Gasteiger partial charge in [0.2, 0.25) is 5.91 Å². The fourth-order valence-electron chi connectivity index (χ4n) is 1.32. The summed E-state index contributed by atoms with van der Waals surface area (Å²) in [5, 5.41) is 0.989. The van der Waals surface area contributed by atoms with Crippen molar-refractivity contribution in [2.24, 2.45) is 0 Å². The minimum absolute atomic E-state index is 0.0254. The molecule has 1 aromatic heterocycles. The van der Waals surface area contributed by atoms with Gasteiger partial charge in [-0.15, -0.1) is 11.6 Å². The molecule has 0 unspecified atom stereocenters. The van der Waals surface area contributed by atoms with Gasteiger partial charge in [0, 0.05) is 12.4 Å². The molecule has 2 aromatic rings. The molecule has 0 bridgehead atoms. The smallest absolute Gasteiger partial charge is 0.242 e. The van der Waals surface area contributed by atoms with Crippen LogP contribution in [0.25, 0.3) is 10.1 Å². The van der Waals surface area contributed by atoms with Crippen molar-refractivity contribution in [2.75, 3.05) is 17.8 Å². The summed E-state index contributed by atoms with van der Waals surface area (Å²) >= 11 is 6.88. The molecule has 78 valence electrons. The largest absolute Gasteiger partial charge is 0.298 e. The Morgan fingerprint density at radius 3 is 3.00 bits per heavy atom. The van der Waals surface area contributed by atoms with E-state index in [4.69, 9.17) is 11.6 Å². The summed E-state index contributed by atoms with van der Waals surface area (Å²) in [6, 6.07) is 7.81. The van der Waals surface area contributed by atoms with Crippen LogP contribution in [0.4, 0.5) is 5.82 Å². The molecule has 0 atom stereocenters. The average molecular weight is 241 g/mol. The molecule has 1 amide bonds. The Labute approximate surface area is 96.4 Å². The molecule has 0 fully saturated rings. The molecule has 0 aliphatic rings. The highest BCUT2D eigenvalue weighted by molar-refractivity contribution is 7.13. The summed E-state index contributed by atoms with van der Waals surface area (Å²) in [7, 11) is 1.69. The summed E-state index contributed by atoms with van der Waals surface area (Å²) in [6.45, 7) is 0. The zero-order chi connectivity index (χ0) is 10.8. The topological polar surface area (TPSA) is 33.2 Å². The highest BCUT2D eigenvalue weighted by Gasteiger charge is 2.15. The number of fused-ring (bicyclic) bond motifs is 1. The number of aromatic nitrogens is 1. The predicted octanol–water partition coefficient (Wildman–Crippen LogP) is 2.50. The second-order valence-electron chi connectivity index (χ2n) is 3.09. The molecular weight excluding hydrogens is 232 g/mol. The van der Waals surface area contributed by atoms with Gasteiger partial charge in [-0.05, 0) is 23.7 Å². The van der Waals surface area contributed by atoms with Crippen molar-refractivity contribution < 1.29 is 4.79 Å². The number of hydrogen-bond donors (Lipinski definition) is 0. The third kappa shape index (κ3) is 1.82. The Morgan fingerprint density at radius 1 is 1.53 bits per heavy atom. The monoisotopic (exact) mass is 240 g/mol. The highest BCUT2D eigenvalue weighted by Crippen LogP contribution is 2.28. The first-order chi connectivity index (χ1) is 7.24. The van der Waals surface area contributed by atoms with Crippen LogP contribution in [-0.2, 0) is 4.79 Å². The summed E-state index contributed by atoms with van der Waals surface area (Å²) in [5.41, 5.74) is 0. The van der Waals surface area contributed by atoms with Gasteiger partial charge in [-0.2, -0.15) is 4.37 Å². The van der Waals surface area contributed by atoms with E-state index in [1.54, 1.807) is 7.05 Å². The average Bonchev–Trinajstić information content (AvgIpc) is 2.70. The molecule has 0 radical (unpaired) electrons. The number of alkyl halides is 1. The Kier molecular flexibility index (Phi) is 2.88. The van der Waals surface area contributed by atoms with E-state index in [-0.39, 0.29) is 11.8 Å². The normalized spacial score (nSPS) is 10.5. The number of benzene rings is 1. The van der Waals surface area contributed by atoms with Crippen LogP contribution in [0.1, 0.15) is 0 Å². The molecule has 0 spiro atoms. The first kappa shape index (κ1) is 10.4. The van der Waals surface area contributed by atoms with Gasteiger partial charge in [0.05, 0.1) is 4.70 Å². The number of halogens is 1. The first-order valence-electron chi connectivity index (χ1n) is 4.41. The van der Waals surface area contributed by atoms with Gasteiger partial charge in [-0.3, -0.25) is 9.69 Å². The van der Waals surface area contributed by atoms with E-state index in [2.05, 4.69) is 4.37 Å². The number of carbonyl (C=O) groups is 1. The van der Waals surface area contributed by atoms with Crippen molar-refractivity contribution in [3.8, 4) is 0 Å². The predicted molar refractivity (Wildman–Crippen MR) is 63.8 cm³/mol. The molecule has 0 saturated carbocycles. The fourth-order valence-corrected chi connectivity index (χ4v) is 2.30. The Balaban J connectivity index is 2.48. The Bertz CT molecular complexity index is 497. The van der Waals surface area contributed by atoms with E-state index >= 15 is 0 Å². The second-order valence-corrected chi connectivity index (χ2v) is 4.16. The van der Waals surface area contributed by atoms with E-state index in [0.29, 0.717) is 5.82 Å². The number of anilines is 1. The van der Waals surface area contributed by atoms with Crippen LogP contribution in [0.3, 0.4) is 0 Å². The van der Waals surface area contributed by atoms with Crippen LogP contribution in [0.2, 0.25) is 0 Å². The molecule has 1 aromatic carbocycles. The Hall–Kier alpha value is -1.13. The lowest BCUT2D eigenvalue weighted by molar-refractivity contribution is -0.116. The lowest BCUT2D eigenvalue weighted by Crippen LogP contribution is -2.27. The van der Waals surface area contributed by atoms with E-state index in [0.717, 1.165) is 10.1 Å². The second kappa shape index (κ2) is 4.16. The molecule has 2 rings (SSSR count). The third-order valence-corrected chi connectivity index (χ3v) is 3.21. The molecule has 0 aliphatic carbocycles. The molecular formula is C10H9ClN2OS. The van der Waals surface area contributed by atoms with Gasteiger partial charge in [-0.1, -0.05) is 12.1 Å². The molecule has 15 heavy (non-hydrogen) atoms. The van der Waals surface area contributed by atoms with Crippen molar-refractivity contribution in [1.82, 2.24) is 4.37 Å². The van der Waals surface area contributed by atoms with Gasteiger partial charge in [-0.25, -0.2) is 0 Å². The Morgan fingerprint density at radius 2 is 2.27 bits per heavy atom. The minimum Gasteiger partial charge on any atom is -0.298 e. The lowest BCUT2D eigenvalue weighted by atomic mass is 10.2. The molecule has 0 aliphatic heterocycles. The summed E-state index contributed by atoms with van der Waals surface area (Å²) in [4.78, 5) is 12.9. The van der Waals surface area contributed by atoms with Crippen LogP contribution in [0.5, 0.6) is 0 Å². The number of nitrogens with zero attached hydrogens (tertiary/aromatic N) is 2. The van der Waals surface area contributed by atoms with Crippen LogP contribution in [0, 0.1) is 0 Å². The minimum atomic E-state index is -0.146. The zero-order valence-electron chi connectivity index (χ0n) is 8.11. The van der Waals surface area contributed by atoms with Gasteiger partial charge < -0.3 is 0 Å². The standard InChI is InChI=1S/C10H9ClN2OS/c1-13(9(14)6-11)10-7-4-2-3-5-8(7)15-12-10/h2-5H,6H2,1H3. The highest BCUT2D eigenvalue weighted by atomic mass is 35.5. The van der Waals surface area contributed by atoms with Crippen molar-refractivity contribution in [3.05, 3.63) is 24.3 Å². The van der Waals surface area contributed by atoms with E-state index in [9.17, 15) is 4.79 Å². The van der Waals surface area contributed by atoms with E-state index in [1.807, 2.05) is 24.3 Å². The van der Waals surface area contributed by atoms with Gasteiger partial charge in [0.15, 0.2) is 5.82 Å². The van der Waals surface area contributed by atoms with Gasteiger partial charge >= 0.3 is 0 Å². The summed E-state index contributed by atoms with van der Waals surface area (Å²) in [5.74, 6) is 0.511. The number of carbonyl (C=O) groups excluding carboxylic acids is 1. The van der Waals surface area contributed by atoms with Crippen LogP contribution >= 0.6 is 23.1 Å². The van der Waals surface area contributed by atoms with Crippen molar-refractivity contribution >= 4 is 44.9 Å². The van der Waals surface area contributed by atoms with E-state index in [1.165, 1.54) is 16.4 Å². The van der Waals surface area contributed by atoms with Gasteiger partial charge in [0.25, 0.3) is 0 Å². The summed E-state index contributed by atoms with van der Waals surface area (Å²) in [6.07, 6.45) is 0. The lowest BCUT2D eigenvalue weighted by Gasteiger charge is -2.12. The molecule has 3 nitrogen and oxygen atoms in total. The SMILES string of the molecule is CN(C(=O)CCl)c1nsc2ccccc12. The molecule has 0 saturated heterocycles. The number of amides is 1. The van der Waals surface area contributed by atoms with E-state index < -0.39 is 0 Å². The van der Waals surface area contributed by atoms with Crippen molar-refractivity contribution in [2.45, 2.75) is 0 Å². The number of hydrogen-bond acceptors (Lipinski definition) is 3. The number of rotatable bonds is 2. The maximum absolute atomic E-state index is 11.4. The molecule has 0 N–H and O–H groups in total. The maximum Gasteiger partial charge on any atom is 0.242 e. The van der Waals surface area contributed by atoms with Crippen LogP contribution < -0.4 is 4.90 Å². The molecule has 1 heterocycles. The van der Waals surface area contributed by atoms with Crippen molar-refractivity contribution in [3.63, 3.8) is 0 Å². The van der Waals surface area contributed by atoms with Crippen LogP contribution in [0.15, 0.2) is 24.3 Å². The molecule has 5 heteroatoms. The third-order valence-electron chi connectivity index (χ3n) is 2.16. The fraction of sp³-hybridized carbons (Fsp3) is 0.200. The van der Waals surface area contributed by atoms with Crippen LogP contribution in [-0.4, -0.2) is 23.2 Å². The maximum atomic E-state index is 11.4. The first-order valence-corrected chi connectivity index (χ1v) is 5.71. The quantitative estimate of drug-likeness (QED) is 0.756. The zero-order valence-corrected chi connectivity index (χ0v) is 9.68. The summed E-state index contributed by atoms with van der Waals surface area (Å²) < 4.78 is 5.32.